The van der Waals surface area contributed by atoms with E-state index >= 15 is 0 Å². The minimum Gasteiger partial charge on any atom is -0.495 e. The summed E-state index contributed by atoms with van der Waals surface area (Å²) in [6.07, 6.45) is 8.94. The number of ether oxygens (including phenoxy) is 1. The van der Waals surface area contributed by atoms with E-state index in [0.717, 1.165) is 23.5 Å². The lowest BCUT2D eigenvalue weighted by Gasteiger charge is -2.38. The van der Waals surface area contributed by atoms with Crippen LogP contribution in [-0.2, 0) is 6.42 Å². The fourth-order valence-electron chi connectivity index (χ4n) is 3.43. The average Bonchev–Trinajstić information content (AvgIpc) is 2.90. The van der Waals surface area contributed by atoms with Gasteiger partial charge >= 0.3 is 0 Å². The summed E-state index contributed by atoms with van der Waals surface area (Å²) in [5, 5.41) is 0. The normalized spacial score (nSPS) is 20.3. The molecule has 3 rings (SSSR count). The maximum atomic E-state index is 5.34. The lowest BCUT2D eigenvalue weighted by molar-refractivity contribution is 0.110. The maximum Gasteiger partial charge on any atom is 0.135 e. The van der Waals surface area contributed by atoms with Crippen LogP contribution in [0.15, 0.2) is 24.5 Å². The van der Waals surface area contributed by atoms with Crippen molar-refractivity contribution in [1.29, 1.82) is 0 Å². The van der Waals surface area contributed by atoms with E-state index < -0.39 is 0 Å². The van der Waals surface area contributed by atoms with Crippen LogP contribution in [-0.4, -0.2) is 40.0 Å². The number of likely N-dealkylation sites (tertiary alicyclic amines) is 1. The number of piperidine rings is 1. The highest BCUT2D eigenvalue weighted by Gasteiger charge is 2.25. The molecule has 1 fully saturated rings. The van der Waals surface area contributed by atoms with Crippen molar-refractivity contribution >= 4 is 5.52 Å². The van der Waals surface area contributed by atoms with Gasteiger partial charge in [-0.2, -0.15) is 0 Å². The molecule has 2 aromatic heterocycles. The van der Waals surface area contributed by atoms with Gasteiger partial charge in [-0.1, -0.05) is 6.42 Å². The minimum absolute atomic E-state index is 0.607. The van der Waals surface area contributed by atoms with Crippen LogP contribution < -0.4 is 4.74 Å². The van der Waals surface area contributed by atoms with E-state index in [4.69, 9.17) is 4.74 Å². The van der Waals surface area contributed by atoms with Gasteiger partial charge in [0.05, 0.1) is 25.0 Å². The molecular formula is C17H25N3O. The Kier molecular flexibility index (Phi) is 4.15. The molecule has 1 atom stereocenters. The van der Waals surface area contributed by atoms with E-state index in [1.54, 1.807) is 7.11 Å². The Morgan fingerprint density at radius 2 is 2.19 bits per heavy atom. The fourth-order valence-corrected chi connectivity index (χ4v) is 3.43. The third kappa shape index (κ3) is 2.91. The van der Waals surface area contributed by atoms with Crippen LogP contribution in [0.3, 0.4) is 0 Å². The quantitative estimate of drug-likeness (QED) is 0.865. The molecule has 21 heavy (non-hydrogen) atoms. The average molecular weight is 287 g/mol. The van der Waals surface area contributed by atoms with Gasteiger partial charge in [0.2, 0.25) is 0 Å². The molecule has 3 heterocycles. The predicted molar refractivity (Wildman–Crippen MR) is 84.9 cm³/mol. The highest BCUT2D eigenvalue weighted by molar-refractivity contribution is 5.48. The van der Waals surface area contributed by atoms with Crippen LogP contribution in [0.4, 0.5) is 0 Å². The molecule has 0 spiro atoms. The van der Waals surface area contributed by atoms with Gasteiger partial charge in [0.15, 0.2) is 0 Å². The lowest BCUT2D eigenvalue weighted by Crippen LogP contribution is -2.45. The van der Waals surface area contributed by atoms with Gasteiger partial charge in [0.25, 0.3) is 0 Å². The first-order chi connectivity index (χ1) is 10.2. The molecule has 1 aliphatic rings. The Morgan fingerprint density at radius 1 is 1.33 bits per heavy atom. The molecule has 0 saturated carbocycles. The number of hydrogen-bond donors (Lipinski definition) is 0. The monoisotopic (exact) mass is 287 g/mol. The van der Waals surface area contributed by atoms with E-state index in [9.17, 15) is 0 Å². The van der Waals surface area contributed by atoms with Crippen molar-refractivity contribution in [3.05, 3.63) is 30.4 Å². The van der Waals surface area contributed by atoms with Gasteiger partial charge in [-0.25, -0.2) is 4.98 Å². The lowest BCUT2D eigenvalue weighted by atomic mass is 9.97. The zero-order chi connectivity index (χ0) is 14.8. The fraction of sp³-hybridized carbons (Fsp3) is 0.588. The molecule has 0 aliphatic carbocycles. The van der Waals surface area contributed by atoms with Crippen molar-refractivity contribution in [2.75, 3.05) is 13.7 Å². The first-order valence-electron chi connectivity index (χ1n) is 7.95. The van der Waals surface area contributed by atoms with E-state index in [-0.39, 0.29) is 0 Å². The van der Waals surface area contributed by atoms with Gasteiger partial charge in [-0.3, -0.25) is 9.30 Å². The summed E-state index contributed by atoms with van der Waals surface area (Å²) < 4.78 is 7.51. The van der Waals surface area contributed by atoms with Crippen molar-refractivity contribution in [2.24, 2.45) is 0 Å². The Hall–Kier alpha value is -1.55. The molecule has 0 radical (unpaired) electrons. The minimum atomic E-state index is 0.607. The standard InChI is InChI=1S/C17H25N3O/c1-13(2)19-9-5-4-6-14(19)10-17-18-11-15-7-8-16(21-3)12-20(15)17/h7-8,11-14H,4-6,9-10H2,1-3H3. The van der Waals surface area contributed by atoms with E-state index in [1.165, 1.54) is 25.8 Å². The maximum absolute atomic E-state index is 5.34. The second-order valence-corrected chi connectivity index (χ2v) is 6.22. The summed E-state index contributed by atoms with van der Waals surface area (Å²) in [6, 6.07) is 5.27. The van der Waals surface area contributed by atoms with Crippen LogP contribution >= 0.6 is 0 Å². The molecule has 1 unspecified atom stereocenters. The summed E-state index contributed by atoms with van der Waals surface area (Å²) in [6.45, 7) is 5.81. The first kappa shape index (κ1) is 14.4. The van der Waals surface area contributed by atoms with Gasteiger partial charge < -0.3 is 4.74 Å². The molecule has 4 heteroatoms. The summed E-state index contributed by atoms with van der Waals surface area (Å²) in [5.74, 6) is 2.02. The van der Waals surface area contributed by atoms with E-state index in [0.29, 0.717) is 12.1 Å². The third-order valence-electron chi connectivity index (χ3n) is 4.57. The summed E-state index contributed by atoms with van der Waals surface area (Å²) >= 11 is 0. The Balaban J connectivity index is 1.86. The molecule has 0 aromatic carbocycles. The zero-order valence-corrected chi connectivity index (χ0v) is 13.2. The highest BCUT2D eigenvalue weighted by atomic mass is 16.5. The summed E-state index contributed by atoms with van der Waals surface area (Å²) in [7, 11) is 1.71. The molecule has 4 nitrogen and oxygen atoms in total. The molecule has 0 N–H and O–H groups in total. The van der Waals surface area contributed by atoms with Gasteiger partial charge in [-0.15, -0.1) is 0 Å². The van der Waals surface area contributed by atoms with Crippen LogP contribution in [0.1, 0.15) is 38.9 Å². The van der Waals surface area contributed by atoms with Crippen LogP contribution in [0, 0.1) is 0 Å². The smallest absolute Gasteiger partial charge is 0.135 e. The largest absolute Gasteiger partial charge is 0.495 e. The van der Waals surface area contributed by atoms with Crippen molar-refractivity contribution in [3.8, 4) is 5.75 Å². The van der Waals surface area contributed by atoms with E-state index in [2.05, 4.69) is 34.2 Å². The molecular weight excluding hydrogens is 262 g/mol. The number of fused-ring (bicyclic) bond motifs is 1. The number of methoxy groups -OCH3 is 1. The number of nitrogens with zero attached hydrogens (tertiary/aromatic N) is 3. The molecule has 1 aliphatic heterocycles. The van der Waals surface area contributed by atoms with Crippen molar-refractivity contribution < 1.29 is 4.74 Å². The topological polar surface area (TPSA) is 29.8 Å². The van der Waals surface area contributed by atoms with Gasteiger partial charge in [0, 0.05) is 18.5 Å². The second kappa shape index (κ2) is 6.06. The van der Waals surface area contributed by atoms with Crippen molar-refractivity contribution in [2.45, 2.75) is 51.6 Å². The molecule has 1 saturated heterocycles. The molecule has 2 aromatic rings. The predicted octanol–water partition coefficient (Wildman–Crippen LogP) is 3.15. The molecule has 0 amide bonds. The summed E-state index contributed by atoms with van der Waals surface area (Å²) in [5.41, 5.74) is 1.14. The number of pyridine rings is 1. The molecule has 0 bridgehead atoms. The zero-order valence-electron chi connectivity index (χ0n) is 13.2. The molecule has 114 valence electrons. The number of aromatic nitrogens is 2. The third-order valence-corrected chi connectivity index (χ3v) is 4.57. The summed E-state index contributed by atoms with van der Waals surface area (Å²) in [4.78, 5) is 7.27. The van der Waals surface area contributed by atoms with Crippen LogP contribution in [0.2, 0.25) is 0 Å². The first-order valence-corrected chi connectivity index (χ1v) is 7.95. The Morgan fingerprint density at radius 3 is 2.95 bits per heavy atom. The van der Waals surface area contributed by atoms with Gasteiger partial charge in [0.1, 0.15) is 11.6 Å². The Bertz CT molecular complexity index is 605. The number of hydrogen-bond acceptors (Lipinski definition) is 3. The van der Waals surface area contributed by atoms with Crippen LogP contribution in [0.5, 0.6) is 5.75 Å². The van der Waals surface area contributed by atoms with Gasteiger partial charge in [-0.05, 0) is 45.4 Å². The second-order valence-electron chi connectivity index (χ2n) is 6.22. The van der Waals surface area contributed by atoms with Crippen LogP contribution in [0.25, 0.3) is 5.52 Å². The number of rotatable bonds is 4. The van der Waals surface area contributed by atoms with Crippen molar-refractivity contribution in [3.63, 3.8) is 0 Å². The van der Waals surface area contributed by atoms with E-state index in [1.807, 2.05) is 18.5 Å². The number of imidazole rings is 1. The highest BCUT2D eigenvalue weighted by Crippen LogP contribution is 2.23. The SMILES string of the molecule is COc1ccc2cnc(CC3CCCCN3C(C)C)n2c1. The Labute approximate surface area is 126 Å². The van der Waals surface area contributed by atoms with Crippen molar-refractivity contribution in [1.82, 2.24) is 14.3 Å².